The Balaban J connectivity index is 2.02. The number of hydrogen-bond acceptors (Lipinski definition) is 8. The van der Waals surface area contributed by atoms with Crippen LogP contribution in [0.3, 0.4) is 0 Å². The lowest BCUT2D eigenvalue weighted by molar-refractivity contribution is -0.385. The number of ether oxygens (including phenoxy) is 3. The third-order valence-electron chi connectivity index (χ3n) is 4.23. The summed E-state index contributed by atoms with van der Waals surface area (Å²) in [6.45, 7) is 5.00. The lowest BCUT2D eigenvalue weighted by Crippen LogP contribution is -2.08. The highest BCUT2D eigenvalue weighted by atomic mass is 127. The van der Waals surface area contributed by atoms with E-state index in [0.29, 0.717) is 38.4 Å². The second-order valence-corrected chi connectivity index (χ2v) is 7.56. The molecule has 0 bridgehead atoms. The first-order valence-corrected chi connectivity index (χ1v) is 10.2. The van der Waals surface area contributed by atoms with Crippen molar-refractivity contribution in [1.29, 1.82) is 0 Å². The maximum Gasteiger partial charge on any atom is 0.363 e. The molecule has 0 fully saturated rings. The predicted molar refractivity (Wildman–Crippen MR) is 120 cm³/mol. The van der Waals surface area contributed by atoms with Gasteiger partial charge >= 0.3 is 11.9 Å². The lowest BCUT2D eigenvalue weighted by Gasteiger charge is -2.12. The molecule has 0 aromatic heterocycles. The zero-order valence-corrected chi connectivity index (χ0v) is 19.0. The quantitative estimate of drug-likeness (QED) is 0.136. The summed E-state index contributed by atoms with van der Waals surface area (Å²) in [6, 6.07) is 7.79. The summed E-state index contributed by atoms with van der Waals surface area (Å²) >= 11 is 2.00. The molecule has 160 valence electrons. The van der Waals surface area contributed by atoms with E-state index >= 15 is 0 Å². The van der Waals surface area contributed by atoms with Gasteiger partial charge in [0.25, 0.3) is 5.69 Å². The van der Waals surface area contributed by atoms with Gasteiger partial charge in [0.15, 0.2) is 17.2 Å². The fourth-order valence-corrected chi connectivity index (χ4v) is 3.65. The van der Waals surface area contributed by atoms with Crippen molar-refractivity contribution in [3.8, 4) is 11.5 Å². The molecule has 9 nitrogen and oxygen atoms in total. The monoisotopic (exact) mass is 536 g/mol. The van der Waals surface area contributed by atoms with Crippen molar-refractivity contribution in [3.05, 3.63) is 66.4 Å². The summed E-state index contributed by atoms with van der Waals surface area (Å²) < 4.78 is 16.6. The molecule has 3 rings (SSSR count). The largest absolute Gasteiger partial charge is 0.490 e. The van der Waals surface area contributed by atoms with Crippen LogP contribution in [0.5, 0.6) is 11.5 Å². The Kier molecular flexibility index (Phi) is 6.68. The maximum absolute atomic E-state index is 12.4. The van der Waals surface area contributed by atoms with Crippen LogP contribution < -0.4 is 9.47 Å². The van der Waals surface area contributed by atoms with Crippen LogP contribution in [0.15, 0.2) is 41.0 Å². The van der Waals surface area contributed by atoms with E-state index in [9.17, 15) is 19.7 Å². The molecule has 2 aromatic rings. The number of nitro groups is 1. The van der Waals surface area contributed by atoms with Crippen LogP contribution in [0.2, 0.25) is 0 Å². The Hall–Kier alpha value is -3.28. The van der Waals surface area contributed by atoms with Crippen molar-refractivity contribution < 1.29 is 28.7 Å². The minimum Gasteiger partial charge on any atom is -0.490 e. The number of aliphatic imine (C=N–C) groups is 1. The first-order chi connectivity index (χ1) is 14.7. The van der Waals surface area contributed by atoms with Gasteiger partial charge in [0.05, 0.1) is 15.1 Å². The van der Waals surface area contributed by atoms with E-state index in [0.717, 1.165) is 0 Å². The molecule has 0 aliphatic carbocycles. The molecule has 0 atom stereocenters. The summed E-state index contributed by atoms with van der Waals surface area (Å²) in [5, 5.41) is 11.2. The number of rotatable bonds is 6. The third-order valence-corrected chi connectivity index (χ3v) is 5.03. The average Bonchev–Trinajstić information content (AvgIpc) is 3.04. The van der Waals surface area contributed by atoms with Gasteiger partial charge in [-0.3, -0.25) is 14.9 Å². The van der Waals surface area contributed by atoms with Gasteiger partial charge in [0.2, 0.25) is 5.90 Å². The molecule has 31 heavy (non-hydrogen) atoms. The Morgan fingerprint density at radius 3 is 2.74 bits per heavy atom. The van der Waals surface area contributed by atoms with Gasteiger partial charge in [-0.15, -0.1) is 0 Å². The van der Waals surface area contributed by atoms with Crippen LogP contribution in [0.4, 0.5) is 5.69 Å². The van der Waals surface area contributed by atoms with Gasteiger partial charge in [0.1, 0.15) is 0 Å². The van der Waals surface area contributed by atoms with E-state index in [-0.39, 0.29) is 17.3 Å². The highest BCUT2D eigenvalue weighted by Gasteiger charge is 2.27. The molecule has 0 unspecified atom stereocenters. The number of halogens is 1. The van der Waals surface area contributed by atoms with E-state index in [1.165, 1.54) is 25.1 Å². The van der Waals surface area contributed by atoms with Crippen LogP contribution in [0.1, 0.15) is 30.5 Å². The van der Waals surface area contributed by atoms with Crippen molar-refractivity contribution >= 4 is 52.2 Å². The molecular weight excluding hydrogens is 519 g/mol. The number of cyclic esters (lactones) is 1. The fraction of sp³-hybridized carbons (Fsp3) is 0.190. The summed E-state index contributed by atoms with van der Waals surface area (Å²) in [7, 11) is 0. The van der Waals surface area contributed by atoms with Crippen LogP contribution in [-0.2, 0) is 14.3 Å². The van der Waals surface area contributed by atoms with Crippen LogP contribution in [-0.4, -0.2) is 29.4 Å². The van der Waals surface area contributed by atoms with E-state index in [1.807, 2.05) is 22.6 Å². The minimum atomic E-state index is -0.682. The summed E-state index contributed by atoms with van der Waals surface area (Å²) in [5.74, 6) is -0.526. The predicted octanol–water partition coefficient (Wildman–Crippen LogP) is 4.18. The Labute approximate surface area is 191 Å². The van der Waals surface area contributed by atoms with Gasteiger partial charge in [-0.25, -0.2) is 9.79 Å². The maximum atomic E-state index is 12.4. The molecule has 2 aromatic carbocycles. The average molecular weight is 536 g/mol. The molecule has 0 N–H and O–H groups in total. The van der Waals surface area contributed by atoms with Gasteiger partial charge in [-0.2, -0.15) is 0 Å². The van der Waals surface area contributed by atoms with Crippen LogP contribution >= 0.6 is 22.6 Å². The number of esters is 2. The molecule has 0 saturated heterocycles. The molecule has 0 spiro atoms. The van der Waals surface area contributed by atoms with Gasteiger partial charge in [-0.05, 0) is 66.3 Å². The smallest absolute Gasteiger partial charge is 0.363 e. The minimum absolute atomic E-state index is 0.00582. The topological polar surface area (TPSA) is 117 Å². The molecule has 1 heterocycles. The van der Waals surface area contributed by atoms with E-state index < -0.39 is 16.9 Å². The number of hydrogen-bond donors (Lipinski definition) is 0. The normalized spacial score (nSPS) is 14.3. The summed E-state index contributed by atoms with van der Waals surface area (Å²) in [4.78, 5) is 38.6. The molecule has 10 heteroatoms. The number of carbonyl (C=O) groups is 2. The molecular formula is C21H17IN2O7. The summed E-state index contributed by atoms with van der Waals surface area (Å²) in [6.07, 6.45) is 1.50. The van der Waals surface area contributed by atoms with Gasteiger partial charge < -0.3 is 14.2 Å². The number of nitrogens with zero attached hydrogens (tertiary/aromatic N) is 2. The first kappa shape index (κ1) is 22.4. The van der Waals surface area contributed by atoms with Crippen LogP contribution in [0, 0.1) is 20.6 Å². The van der Waals surface area contributed by atoms with Crippen molar-refractivity contribution in [3.63, 3.8) is 0 Å². The molecule has 1 aliphatic rings. The van der Waals surface area contributed by atoms with E-state index in [2.05, 4.69) is 4.99 Å². The SMILES string of the molecule is CCOc1cc(/C=C2\N=C(c3cccc([N+](=O)[O-])c3C)OC2=O)cc(I)c1OC(C)=O. The number of carbonyl (C=O) groups excluding carboxylic acids is 2. The Bertz CT molecular complexity index is 1150. The molecule has 1 aliphatic heterocycles. The van der Waals surface area contributed by atoms with Crippen molar-refractivity contribution in [2.45, 2.75) is 20.8 Å². The second kappa shape index (κ2) is 9.25. The highest BCUT2D eigenvalue weighted by molar-refractivity contribution is 14.1. The van der Waals surface area contributed by atoms with Gasteiger partial charge in [0, 0.05) is 24.1 Å². The standard InChI is InChI=1S/C21H17IN2O7/c1-4-29-18-10-13(8-15(22)19(18)30-12(3)25)9-16-21(26)31-20(23-16)14-6-5-7-17(11(14)2)24(27)28/h5-10H,4H2,1-3H3/b16-9-. The zero-order valence-electron chi connectivity index (χ0n) is 16.8. The highest BCUT2D eigenvalue weighted by Crippen LogP contribution is 2.35. The number of nitro benzene ring substituents is 1. The number of benzene rings is 2. The Morgan fingerprint density at radius 2 is 2.10 bits per heavy atom. The molecule has 0 amide bonds. The molecule has 0 radical (unpaired) electrons. The van der Waals surface area contributed by atoms with Gasteiger partial charge in [-0.1, -0.05) is 6.07 Å². The molecule has 0 saturated carbocycles. The van der Waals surface area contributed by atoms with Crippen molar-refractivity contribution in [2.75, 3.05) is 6.61 Å². The first-order valence-electron chi connectivity index (χ1n) is 9.13. The van der Waals surface area contributed by atoms with E-state index in [4.69, 9.17) is 14.2 Å². The second-order valence-electron chi connectivity index (χ2n) is 6.40. The van der Waals surface area contributed by atoms with Crippen molar-refractivity contribution in [2.24, 2.45) is 4.99 Å². The lowest BCUT2D eigenvalue weighted by atomic mass is 10.1. The van der Waals surface area contributed by atoms with Crippen molar-refractivity contribution in [1.82, 2.24) is 0 Å². The Morgan fingerprint density at radius 1 is 1.35 bits per heavy atom. The third kappa shape index (κ3) is 4.90. The fourth-order valence-electron chi connectivity index (χ4n) is 2.91. The van der Waals surface area contributed by atoms with Crippen LogP contribution in [0.25, 0.3) is 6.08 Å². The van der Waals surface area contributed by atoms with E-state index in [1.54, 1.807) is 32.0 Å². The zero-order chi connectivity index (χ0) is 22.7. The summed E-state index contributed by atoms with van der Waals surface area (Å²) in [5.41, 5.74) is 1.22.